The fourth-order valence-electron chi connectivity index (χ4n) is 5.01. The number of nitrogens with one attached hydrogen (secondary N) is 2. The molecule has 4 amide bonds. The highest BCUT2D eigenvalue weighted by Gasteiger charge is 2.56. The lowest BCUT2D eigenvalue weighted by atomic mass is 9.80. The summed E-state index contributed by atoms with van der Waals surface area (Å²) in [4.78, 5) is 54.9. The number of benzene rings is 1. The molecule has 9 nitrogen and oxygen atoms in total. The lowest BCUT2D eigenvalue weighted by Crippen LogP contribution is -2.54. The van der Waals surface area contributed by atoms with Gasteiger partial charge in [-0.15, -0.1) is 0 Å². The normalized spacial score (nSPS) is 24.3. The first-order valence-corrected chi connectivity index (χ1v) is 11.7. The van der Waals surface area contributed by atoms with Crippen molar-refractivity contribution in [3.8, 4) is 6.07 Å². The van der Waals surface area contributed by atoms with Crippen molar-refractivity contribution in [2.75, 3.05) is 18.9 Å². The summed E-state index contributed by atoms with van der Waals surface area (Å²) in [6, 6.07) is 7.72. The maximum atomic E-state index is 13.7. The van der Waals surface area contributed by atoms with Gasteiger partial charge in [-0.1, -0.05) is 39.0 Å². The number of rotatable bonds is 4. The summed E-state index contributed by atoms with van der Waals surface area (Å²) >= 11 is 0. The van der Waals surface area contributed by atoms with E-state index in [0.717, 1.165) is 18.4 Å². The van der Waals surface area contributed by atoms with Crippen molar-refractivity contribution in [3.63, 3.8) is 0 Å². The summed E-state index contributed by atoms with van der Waals surface area (Å²) in [6.45, 7) is 5.85. The van der Waals surface area contributed by atoms with Crippen LogP contribution >= 0.6 is 0 Å². The molecule has 2 heterocycles. The predicted octanol–water partition coefficient (Wildman–Crippen LogP) is 1.54. The molecule has 0 bridgehead atoms. The van der Waals surface area contributed by atoms with Crippen molar-refractivity contribution in [1.29, 1.82) is 5.26 Å². The Labute approximate surface area is 199 Å². The fourth-order valence-corrected chi connectivity index (χ4v) is 5.01. The molecule has 2 fully saturated rings. The maximum Gasteiger partial charge on any atom is 0.311 e. The molecule has 1 saturated carbocycles. The van der Waals surface area contributed by atoms with E-state index < -0.39 is 35.2 Å². The van der Waals surface area contributed by atoms with Gasteiger partial charge in [-0.2, -0.15) is 5.26 Å². The van der Waals surface area contributed by atoms with E-state index in [2.05, 4.69) is 16.7 Å². The van der Waals surface area contributed by atoms with Crippen molar-refractivity contribution in [2.45, 2.75) is 70.0 Å². The molecule has 3 aliphatic rings. The average Bonchev–Trinajstić information content (AvgIpc) is 3.50. The third-order valence-electron chi connectivity index (χ3n) is 6.94. The first-order chi connectivity index (χ1) is 16.0. The Morgan fingerprint density at radius 3 is 2.59 bits per heavy atom. The van der Waals surface area contributed by atoms with Gasteiger partial charge in [-0.05, 0) is 36.3 Å². The Morgan fingerprint density at radius 1 is 1.29 bits per heavy atom. The monoisotopic (exact) mass is 465 g/mol. The summed E-state index contributed by atoms with van der Waals surface area (Å²) in [5.41, 5.74) is 0.112. The molecule has 2 aliphatic heterocycles. The number of amides is 4. The lowest BCUT2D eigenvalue weighted by Gasteiger charge is -2.31. The van der Waals surface area contributed by atoms with Crippen LogP contribution in [0.25, 0.3) is 0 Å². The van der Waals surface area contributed by atoms with E-state index in [-0.39, 0.29) is 36.8 Å². The minimum absolute atomic E-state index is 0.0410. The van der Waals surface area contributed by atoms with Crippen LogP contribution in [0.2, 0.25) is 0 Å². The Morgan fingerprint density at radius 2 is 1.97 bits per heavy atom. The number of carbonyl (C=O) groups is 4. The number of fused-ring (bicyclic) bond motifs is 2. The number of para-hydroxylation sites is 1. The van der Waals surface area contributed by atoms with E-state index in [4.69, 9.17) is 0 Å². The smallest absolute Gasteiger partial charge is 0.311 e. The molecule has 0 aromatic heterocycles. The molecule has 3 atom stereocenters. The Balaban J connectivity index is 1.59. The van der Waals surface area contributed by atoms with Gasteiger partial charge in [0.05, 0.1) is 11.5 Å². The number of nitriles is 1. The third kappa shape index (κ3) is 4.25. The van der Waals surface area contributed by atoms with Crippen molar-refractivity contribution >= 4 is 29.3 Å². The van der Waals surface area contributed by atoms with Gasteiger partial charge in [0.1, 0.15) is 12.1 Å². The van der Waals surface area contributed by atoms with Gasteiger partial charge in [0, 0.05) is 31.7 Å². The number of anilines is 1. The van der Waals surface area contributed by atoms with Gasteiger partial charge in [0.25, 0.3) is 0 Å². The van der Waals surface area contributed by atoms with Gasteiger partial charge in [-0.25, -0.2) is 0 Å². The van der Waals surface area contributed by atoms with Crippen molar-refractivity contribution in [3.05, 3.63) is 29.8 Å². The zero-order chi connectivity index (χ0) is 24.8. The molecular formula is C25H31N5O4. The fraction of sp³-hybridized carbons (Fsp3) is 0.560. The molecule has 1 saturated heterocycles. The van der Waals surface area contributed by atoms with E-state index in [1.165, 1.54) is 9.80 Å². The number of hydrogen-bond acceptors (Lipinski definition) is 5. The minimum atomic E-state index is -1.01. The molecule has 0 unspecified atom stereocenters. The van der Waals surface area contributed by atoms with Crippen LogP contribution in [0.1, 0.15) is 52.0 Å². The van der Waals surface area contributed by atoms with Crippen LogP contribution in [0.4, 0.5) is 5.69 Å². The van der Waals surface area contributed by atoms with Gasteiger partial charge >= 0.3 is 11.8 Å². The molecule has 180 valence electrons. The summed E-state index contributed by atoms with van der Waals surface area (Å²) in [7, 11) is 1.59. The molecular weight excluding hydrogens is 434 g/mol. The SMILES string of the molecule is CN(C(=O)C(=O)N[C@@H](CC(C)(C)C)C(=O)N1C[C@]2(C[C@H]1C#N)C(=O)Nc1ccccc12)C1CC1. The Hall–Kier alpha value is -3.41. The summed E-state index contributed by atoms with van der Waals surface area (Å²) in [5.74, 6) is -2.19. The highest BCUT2D eigenvalue weighted by atomic mass is 16.2. The van der Waals surface area contributed by atoms with Crippen LogP contribution in [0, 0.1) is 16.7 Å². The van der Waals surface area contributed by atoms with Crippen LogP contribution in [0.5, 0.6) is 0 Å². The third-order valence-corrected chi connectivity index (χ3v) is 6.94. The van der Waals surface area contributed by atoms with E-state index in [0.29, 0.717) is 5.69 Å². The second kappa shape index (κ2) is 8.42. The van der Waals surface area contributed by atoms with E-state index >= 15 is 0 Å². The summed E-state index contributed by atoms with van der Waals surface area (Å²) < 4.78 is 0. The number of likely N-dealkylation sites (tertiary alicyclic amines) is 1. The van der Waals surface area contributed by atoms with E-state index in [1.54, 1.807) is 13.1 Å². The van der Waals surface area contributed by atoms with Gasteiger partial charge in [0.15, 0.2) is 0 Å². The van der Waals surface area contributed by atoms with Crippen LogP contribution in [0.15, 0.2) is 24.3 Å². The van der Waals surface area contributed by atoms with E-state index in [9.17, 15) is 24.4 Å². The molecule has 1 spiro atoms. The Bertz CT molecular complexity index is 1080. The molecule has 0 radical (unpaired) electrons. The van der Waals surface area contributed by atoms with Gasteiger partial charge < -0.3 is 20.4 Å². The quantitative estimate of drug-likeness (QED) is 0.653. The zero-order valence-corrected chi connectivity index (χ0v) is 20.1. The molecule has 1 aliphatic carbocycles. The molecule has 1 aromatic rings. The second-order valence-electron chi connectivity index (χ2n) is 10.8. The standard InChI is InChI=1S/C25H31N5O4/c1-24(2,3)12-19(27-20(31)22(33)29(4)15-9-10-15)21(32)30-14-25(11-16(30)13-26)17-7-5-6-8-18(17)28-23(25)34/h5-8,15-16,19H,9-12,14H2,1-4H3,(H,27,31)(H,28,34)/t16-,19-,25-/m0/s1. The molecule has 34 heavy (non-hydrogen) atoms. The largest absolute Gasteiger partial charge is 0.336 e. The lowest BCUT2D eigenvalue weighted by molar-refractivity contribution is -0.147. The van der Waals surface area contributed by atoms with Gasteiger partial charge in [0.2, 0.25) is 11.8 Å². The number of carbonyl (C=O) groups excluding carboxylic acids is 4. The molecule has 9 heteroatoms. The minimum Gasteiger partial charge on any atom is -0.336 e. The van der Waals surface area contributed by atoms with Gasteiger partial charge in [-0.3, -0.25) is 19.2 Å². The summed E-state index contributed by atoms with van der Waals surface area (Å²) in [6.07, 6.45) is 2.19. The first kappa shape index (κ1) is 23.7. The zero-order valence-electron chi connectivity index (χ0n) is 20.1. The van der Waals surface area contributed by atoms with Crippen LogP contribution in [0.3, 0.4) is 0 Å². The van der Waals surface area contributed by atoms with Crippen LogP contribution < -0.4 is 10.6 Å². The molecule has 1 aromatic carbocycles. The molecule has 2 N–H and O–H groups in total. The Kier molecular flexibility index (Phi) is 5.88. The first-order valence-electron chi connectivity index (χ1n) is 11.7. The van der Waals surface area contributed by atoms with Crippen molar-refractivity contribution in [1.82, 2.24) is 15.1 Å². The highest BCUT2D eigenvalue weighted by molar-refractivity contribution is 6.35. The maximum absolute atomic E-state index is 13.7. The second-order valence-corrected chi connectivity index (χ2v) is 10.8. The summed E-state index contributed by atoms with van der Waals surface area (Å²) in [5, 5.41) is 15.4. The number of likely N-dealkylation sites (N-methyl/N-ethyl adjacent to an activating group) is 1. The van der Waals surface area contributed by atoms with E-state index in [1.807, 2.05) is 39.0 Å². The number of hydrogen-bond donors (Lipinski definition) is 2. The van der Waals surface area contributed by atoms with Crippen molar-refractivity contribution in [2.24, 2.45) is 5.41 Å². The van der Waals surface area contributed by atoms with Crippen LogP contribution in [-0.2, 0) is 24.6 Å². The topological polar surface area (TPSA) is 123 Å². The predicted molar refractivity (Wildman–Crippen MR) is 124 cm³/mol. The molecule has 4 rings (SSSR count). The highest BCUT2D eigenvalue weighted by Crippen LogP contribution is 2.46. The number of nitrogens with zero attached hydrogens (tertiary/aromatic N) is 3. The van der Waals surface area contributed by atoms with Crippen molar-refractivity contribution < 1.29 is 19.2 Å². The average molecular weight is 466 g/mol. The van der Waals surface area contributed by atoms with Crippen LogP contribution in [-0.4, -0.2) is 65.1 Å².